The Bertz CT molecular complexity index is 993. The SMILES string of the molecule is Cl.O=C1NC(c2ccccc2)(C2CC2)C(=O)N1CCCN1CCN(c2cccc(Cl)c2)CC1. The molecule has 0 aromatic heterocycles. The van der Waals surface area contributed by atoms with E-state index >= 15 is 0 Å². The molecule has 3 aliphatic rings. The molecule has 33 heavy (non-hydrogen) atoms. The molecule has 1 saturated carbocycles. The second-order valence-electron chi connectivity index (χ2n) is 9.00. The standard InChI is InChI=1S/C25H29ClN4O2.ClH/c26-21-8-4-9-22(18-21)29-16-14-28(15-17-29)12-5-13-30-23(31)25(20-10-11-20,27-24(30)32)19-6-2-1-3-7-19;/h1-4,6-9,18,20H,5,10-17H2,(H,27,32);1H. The van der Waals surface area contributed by atoms with E-state index < -0.39 is 5.54 Å². The van der Waals surface area contributed by atoms with Crippen LogP contribution >= 0.6 is 24.0 Å². The monoisotopic (exact) mass is 488 g/mol. The van der Waals surface area contributed by atoms with E-state index in [1.807, 2.05) is 48.5 Å². The zero-order valence-electron chi connectivity index (χ0n) is 18.6. The van der Waals surface area contributed by atoms with Gasteiger partial charge in [-0.25, -0.2) is 4.79 Å². The second kappa shape index (κ2) is 9.92. The molecule has 0 bridgehead atoms. The Morgan fingerprint density at radius 3 is 2.33 bits per heavy atom. The highest BCUT2D eigenvalue weighted by Gasteiger charge is 2.59. The van der Waals surface area contributed by atoms with Gasteiger partial charge >= 0.3 is 6.03 Å². The number of halogens is 2. The summed E-state index contributed by atoms with van der Waals surface area (Å²) in [4.78, 5) is 32.4. The summed E-state index contributed by atoms with van der Waals surface area (Å²) in [6.45, 7) is 5.15. The summed E-state index contributed by atoms with van der Waals surface area (Å²) in [7, 11) is 0. The largest absolute Gasteiger partial charge is 0.369 e. The van der Waals surface area contributed by atoms with Crippen LogP contribution in [-0.2, 0) is 10.3 Å². The molecule has 8 heteroatoms. The van der Waals surface area contributed by atoms with E-state index in [2.05, 4.69) is 21.2 Å². The minimum Gasteiger partial charge on any atom is -0.369 e. The first-order valence-electron chi connectivity index (χ1n) is 11.5. The van der Waals surface area contributed by atoms with E-state index in [1.54, 1.807) is 0 Å². The van der Waals surface area contributed by atoms with Crippen LogP contribution in [0.1, 0.15) is 24.8 Å². The van der Waals surface area contributed by atoms with Crippen LogP contribution in [0.15, 0.2) is 54.6 Å². The predicted molar refractivity (Wildman–Crippen MR) is 133 cm³/mol. The van der Waals surface area contributed by atoms with Gasteiger partial charge in [0.25, 0.3) is 5.91 Å². The number of anilines is 1. The summed E-state index contributed by atoms with van der Waals surface area (Å²) in [5.74, 6) is 0.118. The van der Waals surface area contributed by atoms with Crippen LogP contribution in [0.4, 0.5) is 10.5 Å². The highest BCUT2D eigenvalue weighted by Crippen LogP contribution is 2.48. The molecule has 2 aromatic carbocycles. The fourth-order valence-corrected chi connectivity index (χ4v) is 5.26. The quantitative estimate of drug-likeness (QED) is 0.595. The number of piperazine rings is 1. The molecule has 3 fully saturated rings. The fraction of sp³-hybridized carbons (Fsp3) is 0.440. The Labute approximate surface area is 206 Å². The Morgan fingerprint density at radius 1 is 0.939 bits per heavy atom. The topological polar surface area (TPSA) is 55.9 Å². The highest BCUT2D eigenvalue weighted by molar-refractivity contribution is 6.30. The molecular weight excluding hydrogens is 459 g/mol. The Morgan fingerprint density at radius 2 is 1.67 bits per heavy atom. The molecule has 3 amide bonds. The predicted octanol–water partition coefficient (Wildman–Crippen LogP) is 4.13. The molecular formula is C25H30Cl2N4O2. The summed E-state index contributed by atoms with van der Waals surface area (Å²) in [6.07, 6.45) is 2.74. The zero-order valence-corrected chi connectivity index (χ0v) is 20.2. The molecule has 1 N–H and O–H groups in total. The third kappa shape index (κ3) is 4.70. The van der Waals surface area contributed by atoms with Crippen LogP contribution in [0.2, 0.25) is 5.02 Å². The Kier molecular flexibility index (Phi) is 7.17. The lowest BCUT2D eigenvalue weighted by Gasteiger charge is -2.36. The number of nitrogens with one attached hydrogen (secondary N) is 1. The molecule has 0 radical (unpaired) electrons. The van der Waals surface area contributed by atoms with Gasteiger partial charge in [0.05, 0.1) is 0 Å². The summed E-state index contributed by atoms with van der Waals surface area (Å²) < 4.78 is 0. The Hall–Kier alpha value is -2.28. The van der Waals surface area contributed by atoms with E-state index in [0.717, 1.165) is 68.3 Å². The lowest BCUT2D eigenvalue weighted by Crippen LogP contribution is -2.47. The molecule has 2 aliphatic heterocycles. The van der Waals surface area contributed by atoms with Gasteiger partial charge in [-0.3, -0.25) is 14.6 Å². The Balaban J connectivity index is 0.00000259. The molecule has 6 nitrogen and oxygen atoms in total. The lowest BCUT2D eigenvalue weighted by molar-refractivity contribution is -0.132. The molecule has 5 rings (SSSR count). The van der Waals surface area contributed by atoms with Crippen molar-refractivity contribution in [1.29, 1.82) is 0 Å². The van der Waals surface area contributed by atoms with E-state index in [-0.39, 0.29) is 30.3 Å². The molecule has 2 saturated heterocycles. The number of nitrogens with zero attached hydrogens (tertiary/aromatic N) is 3. The number of amides is 3. The summed E-state index contributed by atoms with van der Waals surface area (Å²) in [5, 5.41) is 3.83. The fourth-order valence-electron chi connectivity index (χ4n) is 5.08. The van der Waals surface area contributed by atoms with Gasteiger partial charge in [-0.1, -0.05) is 48.0 Å². The van der Waals surface area contributed by atoms with Gasteiger partial charge in [0.2, 0.25) is 0 Å². The maximum absolute atomic E-state index is 13.4. The summed E-state index contributed by atoms with van der Waals surface area (Å²) >= 11 is 6.13. The van der Waals surface area contributed by atoms with Gasteiger partial charge in [0.15, 0.2) is 0 Å². The van der Waals surface area contributed by atoms with Crippen LogP contribution in [0.25, 0.3) is 0 Å². The maximum Gasteiger partial charge on any atom is 0.325 e. The number of carbonyl (C=O) groups excluding carboxylic acids is 2. The number of benzene rings is 2. The third-order valence-electron chi connectivity index (χ3n) is 6.95. The van der Waals surface area contributed by atoms with Gasteiger partial charge in [-0.05, 0) is 55.5 Å². The molecule has 2 heterocycles. The van der Waals surface area contributed by atoms with Gasteiger partial charge in [0.1, 0.15) is 5.54 Å². The van der Waals surface area contributed by atoms with E-state index in [1.165, 1.54) is 4.90 Å². The van der Waals surface area contributed by atoms with Crippen molar-refractivity contribution in [2.75, 3.05) is 44.2 Å². The van der Waals surface area contributed by atoms with Crippen LogP contribution in [0.5, 0.6) is 0 Å². The van der Waals surface area contributed by atoms with Gasteiger partial charge in [-0.2, -0.15) is 0 Å². The first-order valence-corrected chi connectivity index (χ1v) is 11.9. The van der Waals surface area contributed by atoms with Crippen LogP contribution in [-0.4, -0.2) is 61.0 Å². The van der Waals surface area contributed by atoms with Crippen molar-refractivity contribution in [3.8, 4) is 0 Å². The highest BCUT2D eigenvalue weighted by atomic mass is 35.5. The second-order valence-corrected chi connectivity index (χ2v) is 9.43. The first kappa shape index (κ1) is 23.9. The molecule has 176 valence electrons. The number of urea groups is 1. The van der Waals surface area contributed by atoms with Crippen molar-refractivity contribution in [1.82, 2.24) is 15.1 Å². The number of rotatable bonds is 7. The van der Waals surface area contributed by atoms with E-state index in [0.29, 0.717) is 6.54 Å². The number of imide groups is 1. The van der Waals surface area contributed by atoms with Crippen LogP contribution in [0.3, 0.4) is 0 Å². The van der Waals surface area contributed by atoms with Crippen LogP contribution in [0, 0.1) is 5.92 Å². The van der Waals surface area contributed by atoms with Crippen molar-refractivity contribution < 1.29 is 9.59 Å². The van der Waals surface area contributed by atoms with Crippen molar-refractivity contribution in [3.05, 3.63) is 65.2 Å². The molecule has 2 aromatic rings. The maximum atomic E-state index is 13.4. The normalized spacial score (nSPS) is 23.4. The molecule has 1 unspecified atom stereocenters. The van der Waals surface area contributed by atoms with Crippen molar-refractivity contribution in [3.63, 3.8) is 0 Å². The number of hydrogen-bond acceptors (Lipinski definition) is 4. The summed E-state index contributed by atoms with van der Waals surface area (Å²) in [5.41, 5.74) is 1.19. The summed E-state index contributed by atoms with van der Waals surface area (Å²) in [6, 6.07) is 17.5. The van der Waals surface area contributed by atoms with Crippen molar-refractivity contribution in [2.24, 2.45) is 5.92 Å². The minimum absolute atomic E-state index is 0. The molecule has 1 aliphatic carbocycles. The smallest absolute Gasteiger partial charge is 0.325 e. The zero-order chi connectivity index (χ0) is 22.1. The van der Waals surface area contributed by atoms with Crippen LogP contribution < -0.4 is 10.2 Å². The minimum atomic E-state index is -0.874. The van der Waals surface area contributed by atoms with Gasteiger partial charge in [0, 0.05) is 43.4 Å². The van der Waals surface area contributed by atoms with E-state index in [4.69, 9.17) is 11.6 Å². The van der Waals surface area contributed by atoms with Crippen molar-refractivity contribution >= 4 is 41.6 Å². The first-order chi connectivity index (χ1) is 15.6. The lowest BCUT2D eigenvalue weighted by atomic mass is 9.85. The van der Waals surface area contributed by atoms with E-state index in [9.17, 15) is 9.59 Å². The third-order valence-corrected chi connectivity index (χ3v) is 7.19. The molecule has 1 atom stereocenters. The number of hydrogen-bond donors (Lipinski definition) is 1. The van der Waals surface area contributed by atoms with Gasteiger partial charge in [-0.15, -0.1) is 12.4 Å². The van der Waals surface area contributed by atoms with Gasteiger partial charge < -0.3 is 10.2 Å². The molecule has 0 spiro atoms. The number of carbonyl (C=O) groups is 2. The van der Waals surface area contributed by atoms with Crippen molar-refractivity contribution in [2.45, 2.75) is 24.8 Å². The average Bonchev–Trinajstić information content (AvgIpc) is 3.63. The average molecular weight is 489 g/mol.